The van der Waals surface area contributed by atoms with E-state index in [4.69, 9.17) is 16.6 Å². The van der Waals surface area contributed by atoms with Gasteiger partial charge < -0.3 is 9.88 Å². The number of benzene rings is 1. The van der Waals surface area contributed by atoms with Crippen molar-refractivity contribution in [1.29, 1.82) is 0 Å². The Labute approximate surface area is 191 Å². The van der Waals surface area contributed by atoms with Crippen molar-refractivity contribution in [1.82, 2.24) is 19.9 Å². The second-order valence-corrected chi connectivity index (χ2v) is 8.85. The Kier molecular flexibility index (Phi) is 5.70. The van der Waals surface area contributed by atoms with Gasteiger partial charge in [0.1, 0.15) is 6.04 Å². The zero-order valence-corrected chi connectivity index (χ0v) is 18.6. The van der Waals surface area contributed by atoms with E-state index in [0.717, 1.165) is 54.0 Å². The molecule has 1 aliphatic heterocycles. The number of rotatable bonds is 4. The molecule has 1 saturated heterocycles. The van der Waals surface area contributed by atoms with Gasteiger partial charge in [0.05, 0.1) is 17.7 Å². The number of nitrogens with one attached hydrogen (secondary N) is 1. The second-order valence-electron chi connectivity index (χ2n) is 8.41. The van der Waals surface area contributed by atoms with Crippen molar-refractivity contribution < 1.29 is 0 Å². The predicted molar refractivity (Wildman–Crippen MR) is 126 cm³/mol. The Morgan fingerprint density at radius 1 is 1.28 bits per heavy atom. The van der Waals surface area contributed by atoms with E-state index >= 15 is 0 Å². The minimum atomic E-state index is -0.537. The quantitative estimate of drug-likeness (QED) is 0.326. The highest BCUT2D eigenvalue weighted by Gasteiger charge is 2.35. The van der Waals surface area contributed by atoms with Crippen molar-refractivity contribution in [2.45, 2.75) is 24.8 Å². The third-order valence-corrected chi connectivity index (χ3v) is 6.82. The maximum absolute atomic E-state index is 9.44. The molecule has 0 amide bonds. The van der Waals surface area contributed by atoms with E-state index in [1.54, 1.807) is 12.5 Å². The molecule has 8 heteroatoms. The van der Waals surface area contributed by atoms with E-state index < -0.39 is 6.04 Å². The lowest BCUT2D eigenvalue weighted by Gasteiger charge is -2.32. The smallest absolute Gasteiger partial charge is 0.105 e. The second kappa shape index (κ2) is 8.79. The molecule has 2 aromatic heterocycles. The summed E-state index contributed by atoms with van der Waals surface area (Å²) in [5.41, 5.74) is 15.5. The summed E-state index contributed by atoms with van der Waals surface area (Å²) in [5.74, 6) is 0.611. The normalized spacial score (nSPS) is 19.2. The first-order chi connectivity index (χ1) is 15.7. The number of azide groups is 1. The number of hydrogen-bond donors (Lipinski definition) is 1. The van der Waals surface area contributed by atoms with Crippen molar-refractivity contribution in [3.63, 3.8) is 0 Å². The Morgan fingerprint density at radius 2 is 2.12 bits per heavy atom. The molecule has 3 heterocycles. The number of piperidine rings is 1. The fourth-order valence-electron chi connectivity index (χ4n) is 5.10. The van der Waals surface area contributed by atoms with Crippen molar-refractivity contribution in [2.75, 3.05) is 13.1 Å². The first-order valence-electron chi connectivity index (χ1n) is 10.8. The van der Waals surface area contributed by atoms with Crippen molar-refractivity contribution in [2.24, 2.45) is 18.1 Å². The molecule has 0 spiro atoms. The molecule has 32 heavy (non-hydrogen) atoms. The fraction of sp³-hybridized carbons (Fsp3) is 0.333. The van der Waals surface area contributed by atoms with E-state index in [2.05, 4.69) is 38.5 Å². The summed E-state index contributed by atoms with van der Waals surface area (Å²) in [6.07, 6.45) is 9.62. The Bertz CT molecular complexity index is 1220. The molecule has 1 aromatic carbocycles. The monoisotopic (exact) mass is 445 g/mol. The number of halogens is 1. The number of aryl methyl sites for hydroxylation is 1. The van der Waals surface area contributed by atoms with Crippen molar-refractivity contribution in [3.05, 3.63) is 92.6 Å². The lowest BCUT2D eigenvalue weighted by molar-refractivity contribution is 0.339. The topological polar surface area (TPSA) is 91.5 Å². The van der Waals surface area contributed by atoms with Crippen LogP contribution in [-0.2, 0) is 7.05 Å². The summed E-state index contributed by atoms with van der Waals surface area (Å²) < 4.78 is 1.89. The van der Waals surface area contributed by atoms with Gasteiger partial charge in [0.2, 0.25) is 0 Å². The number of imidazole rings is 1. The van der Waals surface area contributed by atoms with Gasteiger partial charge in [-0.25, -0.2) is 4.98 Å². The molecule has 0 radical (unpaired) electrons. The summed E-state index contributed by atoms with van der Waals surface area (Å²) in [6.45, 7) is 2.01. The minimum absolute atomic E-state index is 0.146. The highest BCUT2D eigenvalue weighted by atomic mass is 35.5. The number of nitrogens with zero attached hydrogens (tertiary/aromatic N) is 6. The molecule has 2 atom stereocenters. The third kappa shape index (κ3) is 3.69. The zero-order chi connectivity index (χ0) is 22.1. The first kappa shape index (κ1) is 20.8. The molecular formula is C24H24ClN7. The molecule has 0 bridgehead atoms. The van der Waals surface area contributed by atoms with Crippen LogP contribution in [0.4, 0.5) is 0 Å². The average Bonchev–Trinajstić information content (AvgIpc) is 3.18. The van der Waals surface area contributed by atoms with Gasteiger partial charge in [-0.1, -0.05) is 28.8 Å². The van der Waals surface area contributed by atoms with Crippen LogP contribution in [0.15, 0.2) is 54.2 Å². The summed E-state index contributed by atoms with van der Waals surface area (Å²) in [6, 6.07) is 9.59. The van der Waals surface area contributed by atoms with Gasteiger partial charge in [-0.05, 0) is 83.9 Å². The van der Waals surface area contributed by atoms with E-state index in [1.165, 1.54) is 5.56 Å². The number of aromatic nitrogens is 3. The standard InChI is InChI=1S/C24H24ClN7/c1-32-14-28-13-21(32)24(30-31-26)20-11-16-3-2-8-29-23(16)22(15-6-9-27-10-7-15)18-5-4-17(25)12-19(18)20/h2-5,8,11-15,22,24,27H,6-7,9-10H2,1H3/t22-,24?/m0/s1. The molecule has 1 aliphatic carbocycles. The van der Waals surface area contributed by atoms with Gasteiger partial charge in [0, 0.05) is 35.3 Å². The van der Waals surface area contributed by atoms with Crippen LogP contribution in [0.3, 0.4) is 0 Å². The van der Waals surface area contributed by atoms with Crippen LogP contribution in [0, 0.1) is 5.92 Å². The van der Waals surface area contributed by atoms with Gasteiger partial charge in [0.15, 0.2) is 0 Å². The van der Waals surface area contributed by atoms with Crippen molar-refractivity contribution >= 4 is 23.3 Å². The summed E-state index contributed by atoms with van der Waals surface area (Å²) in [4.78, 5) is 12.3. The molecule has 0 saturated carbocycles. The highest BCUT2D eigenvalue weighted by Crippen LogP contribution is 2.47. The van der Waals surface area contributed by atoms with E-state index in [1.807, 2.05) is 36.0 Å². The number of fused-ring (bicyclic) bond motifs is 2. The molecular weight excluding hydrogens is 422 g/mol. The SMILES string of the molecule is Cn1cncc1C(N=[N+]=[N-])C1=Cc2cccnc2[C@@H](C2CCNCC2)c2ccc(Cl)cc21. The van der Waals surface area contributed by atoms with Gasteiger partial charge in [0.25, 0.3) is 0 Å². The van der Waals surface area contributed by atoms with Crippen LogP contribution in [0.2, 0.25) is 5.02 Å². The van der Waals surface area contributed by atoms with Gasteiger partial charge in [-0.2, -0.15) is 0 Å². The van der Waals surface area contributed by atoms with Crippen LogP contribution < -0.4 is 5.32 Å². The summed E-state index contributed by atoms with van der Waals surface area (Å²) in [5, 5.41) is 8.34. The Morgan fingerprint density at radius 3 is 2.88 bits per heavy atom. The van der Waals surface area contributed by atoms with E-state index in [-0.39, 0.29) is 5.92 Å². The molecule has 1 unspecified atom stereocenters. The molecule has 5 rings (SSSR count). The van der Waals surface area contributed by atoms with Gasteiger partial charge in [-0.3, -0.25) is 4.98 Å². The maximum atomic E-state index is 9.44. The lowest BCUT2D eigenvalue weighted by atomic mass is 9.76. The molecule has 162 valence electrons. The molecule has 1 fully saturated rings. The van der Waals surface area contributed by atoms with Crippen LogP contribution in [0.1, 0.15) is 52.9 Å². The van der Waals surface area contributed by atoms with Crippen LogP contribution in [-0.4, -0.2) is 27.6 Å². The lowest BCUT2D eigenvalue weighted by Crippen LogP contribution is -2.32. The average molecular weight is 446 g/mol. The van der Waals surface area contributed by atoms with Crippen molar-refractivity contribution in [3.8, 4) is 0 Å². The van der Waals surface area contributed by atoms with E-state index in [0.29, 0.717) is 10.9 Å². The van der Waals surface area contributed by atoms with Gasteiger partial charge >= 0.3 is 0 Å². The zero-order valence-electron chi connectivity index (χ0n) is 17.8. The Hall–Kier alpha value is -3.12. The number of hydrogen-bond acceptors (Lipinski definition) is 4. The van der Waals surface area contributed by atoms with E-state index in [9.17, 15) is 5.53 Å². The molecule has 7 nitrogen and oxygen atoms in total. The van der Waals surface area contributed by atoms with Crippen LogP contribution >= 0.6 is 11.6 Å². The predicted octanol–water partition coefficient (Wildman–Crippen LogP) is 5.51. The summed E-state index contributed by atoms with van der Waals surface area (Å²) >= 11 is 6.50. The fourth-order valence-corrected chi connectivity index (χ4v) is 5.27. The number of pyridine rings is 1. The van der Waals surface area contributed by atoms with Crippen LogP contribution in [0.5, 0.6) is 0 Å². The van der Waals surface area contributed by atoms with Gasteiger partial charge in [-0.15, -0.1) is 0 Å². The molecule has 3 aromatic rings. The Balaban J connectivity index is 1.78. The molecule has 2 aliphatic rings. The highest BCUT2D eigenvalue weighted by molar-refractivity contribution is 6.30. The maximum Gasteiger partial charge on any atom is 0.105 e. The summed E-state index contributed by atoms with van der Waals surface area (Å²) in [7, 11) is 1.91. The first-order valence-corrected chi connectivity index (χ1v) is 11.2. The van der Waals surface area contributed by atoms with Crippen LogP contribution in [0.25, 0.3) is 22.1 Å². The largest absolute Gasteiger partial charge is 0.337 e. The molecule has 1 N–H and O–H groups in total. The third-order valence-electron chi connectivity index (χ3n) is 6.59. The minimum Gasteiger partial charge on any atom is -0.337 e.